The molecule has 1 aliphatic heterocycles. The molecule has 1 aromatic heterocycles. The standard InChI is InChI=1S/C14H14BrN3O2S/c1-7-13(19)17-5-6-18(7)14(20)12-11(16)10-8(15)3-2-4-9(10)21-12/h2-4,7H,5-6,16H2,1H3,(H,17,19). The number of hydrogen-bond acceptors (Lipinski definition) is 4. The van der Waals surface area contributed by atoms with E-state index in [1.54, 1.807) is 11.8 Å². The zero-order chi connectivity index (χ0) is 15.1. The monoisotopic (exact) mass is 367 g/mol. The number of amides is 2. The lowest BCUT2D eigenvalue weighted by molar-refractivity contribution is -0.127. The van der Waals surface area contributed by atoms with E-state index in [1.165, 1.54) is 11.3 Å². The van der Waals surface area contributed by atoms with Crippen LogP contribution in [0.15, 0.2) is 22.7 Å². The highest BCUT2D eigenvalue weighted by molar-refractivity contribution is 9.10. The molecule has 2 heterocycles. The molecule has 1 saturated heterocycles. The molecule has 1 atom stereocenters. The van der Waals surface area contributed by atoms with Crippen LogP contribution in [0.4, 0.5) is 5.69 Å². The zero-order valence-corrected chi connectivity index (χ0v) is 13.8. The quantitative estimate of drug-likeness (QED) is 0.811. The van der Waals surface area contributed by atoms with E-state index in [-0.39, 0.29) is 11.8 Å². The van der Waals surface area contributed by atoms with Crippen LogP contribution in [-0.2, 0) is 4.79 Å². The molecule has 7 heteroatoms. The molecule has 0 radical (unpaired) electrons. The molecule has 0 saturated carbocycles. The van der Waals surface area contributed by atoms with Gasteiger partial charge in [-0.15, -0.1) is 11.3 Å². The van der Waals surface area contributed by atoms with Gasteiger partial charge in [0.25, 0.3) is 5.91 Å². The van der Waals surface area contributed by atoms with Gasteiger partial charge in [0.15, 0.2) is 0 Å². The summed E-state index contributed by atoms with van der Waals surface area (Å²) in [6.07, 6.45) is 0. The molecule has 3 N–H and O–H groups in total. The van der Waals surface area contributed by atoms with Gasteiger partial charge in [0, 0.05) is 27.6 Å². The molecule has 3 rings (SSSR count). The first-order valence-corrected chi connectivity index (χ1v) is 8.17. The van der Waals surface area contributed by atoms with Crippen molar-refractivity contribution in [1.29, 1.82) is 0 Å². The number of carbonyl (C=O) groups excluding carboxylic acids is 2. The maximum absolute atomic E-state index is 12.7. The van der Waals surface area contributed by atoms with Crippen LogP contribution in [0, 0.1) is 0 Å². The Kier molecular flexibility index (Phi) is 3.62. The van der Waals surface area contributed by atoms with E-state index in [4.69, 9.17) is 5.73 Å². The van der Waals surface area contributed by atoms with Gasteiger partial charge in [0.2, 0.25) is 5.91 Å². The van der Waals surface area contributed by atoms with Crippen LogP contribution in [-0.4, -0.2) is 35.8 Å². The summed E-state index contributed by atoms with van der Waals surface area (Å²) in [5, 5.41) is 3.61. The number of carbonyl (C=O) groups is 2. The van der Waals surface area contributed by atoms with Crippen LogP contribution >= 0.6 is 27.3 Å². The van der Waals surface area contributed by atoms with Crippen molar-refractivity contribution in [3.05, 3.63) is 27.5 Å². The highest BCUT2D eigenvalue weighted by Crippen LogP contribution is 2.38. The number of nitrogens with one attached hydrogen (secondary N) is 1. The number of nitrogens with two attached hydrogens (primary N) is 1. The Hall–Kier alpha value is -1.60. The van der Waals surface area contributed by atoms with Gasteiger partial charge in [0.05, 0.1) is 5.69 Å². The summed E-state index contributed by atoms with van der Waals surface area (Å²) in [6, 6.07) is 5.27. The number of rotatable bonds is 1. The van der Waals surface area contributed by atoms with Crippen LogP contribution in [0.2, 0.25) is 0 Å². The molecule has 2 aromatic rings. The summed E-state index contributed by atoms with van der Waals surface area (Å²) in [6.45, 7) is 2.70. The summed E-state index contributed by atoms with van der Waals surface area (Å²) >= 11 is 4.83. The van der Waals surface area contributed by atoms with E-state index in [9.17, 15) is 9.59 Å². The van der Waals surface area contributed by atoms with Crippen LogP contribution in [0.25, 0.3) is 10.1 Å². The van der Waals surface area contributed by atoms with E-state index < -0.39 is 6.04 Å². The Balaban J connectivity index is 2.04. The van der Waals surface area contributed by atoms with Crippen molar-refractivity contribution in [2.45, 2.75) is 13.0 Å². The summed E-state index contributed by atoms with van der Waals surface area (Å²) in [5.41, 5.74) is 6.64. The average molecular weight is 368 g/mol. The maximum atomic E-state index is 12.7. The van der Waals surface area contributed by atoms with Gasteiger partial charge < -0.3 is 16.0 Å². The number of benzene rings is 1. The number of nitrogens with zero attached hydrogens (tertiary/aromatic N) is 1. The molecule has 0 aliphatic carbocycles. The van der Waals surface area contributed by atoms with Crippen LogP contribution in [0.3, 0.4) is 0 Å². The van der Waals surface area contributed by atoms with Gasteiger partial charge in [-0.1, -0.05) is 22.0 Å². The molecule has 1 fully saturated rings. The summed E-state index contributed by atoms with van der Waals surface area (Å²) < 4.78 is 1.83. The third kappa shape index (κ3) is 2.30. The van der Waals surface area contributed by atoms with Crippen molar-refractivity contribution in [1.82, 2.24) is 10.2 Å². The lowest BCUT2D eigenvalue weighted by Gasteiger charge is -2.32. The molecular weight excluding hydrogens is 354 g/mol. The maximum Gasteiger partial charge on any atom is 0.266 e. The molecule has 2 amide bonds. The Bertz CT molecular complexity index is 743. The van der Waals surface area contributed by atoms with E-state index in [2.05, 4.69) is 21.2 Å². The number of hydrogen-bond donors (Lipinski definition) is 2. The van der Waals surface area contributed by atoms with E-state index in [0.717, 1.165) is 14.6 Å². The molecule has 110 valence electrons. The number of nitrogen functional groups attached to an aromatic ring is 1. The highest BCUT2D eigenvalue weighted by Gasteiger charge is 2.32. The van der Waals surface area contributed by atoms with Gasteiger partial charge in [-0.3, -0.25) is 9.59 Å². The van der Waals surface area contributed by atoms with Crippen LogP contribution in [0.5, 0.6) is 0 Å². The molecule has 1 aromatic carbocycles. The minimum atomic E-state index is -0.473. The largest absolute Gasteiger partial charge is 0.397 e. The normalized spacial score (nSPS) is 18.9. The second-order valence-corrected chi connectivity index (χ2v) is 6.83. The van der Waals surface area contributed by atoms with Crippen molar-refractivity contribution in [2.75, 3.05) is 18.8 Å². The number of anilines is 1. The van der Waals surface area contributed by atoms with Gasteiger partial charge in [0.1, 0.15) is 10.9 Å². The first-order valence-electron chi connectivity index (χ1n) is 6.56. The third-order valence-electron chi connectivity index (χ3n) is 3.66. The fraction of sp³-hybridized carbons (Fsp3) is 0.286. The first kappa shape index (κ1) is 14.3. The fourth-order valence-corrected chi connectivity index (χ4v) is 4.29. The zero-order valence-electron chi connectivity index (χ0n) is 11.4. The number of fused-ring (bicyclic) bond motifs is 1. The van der Waals surface area contributed by atoms with Gasteiger partial charge in [-0.25, -0.2) is 0 Å². The Morgan fingerprint density at radius 1 is 1.52 bits per heavy atom. The average Bonchev–Trinajstić information content (AvgIpc) is 2.80. The van der Waals surface area contributed by atoms with Crippen molar-refractivity contribution in [3.8, 4) is 0 Å². The molecule has 1 unspecified atom stereocenters. The Labute approximate surface area is 134 Å². The Morgan fingerprint density at radius 2 is 2.29 bits per heavy atom. The highest BCUT2D eigenvalue weighted by atomic mass is 79.9. The fourth-order valence-electron chi connectivity index (χ4n) is 2.48. The second kappa shape index (κ2) is 5.31. The number of halogens is 1. The molecular formula is C14H14BrN3O2S. The van der Waals surface area contributed by atoms with Crippen LogP contribution < -0.4 is 11.1 Å². The summed E-state index contributed by atoms with van der Waals surface area (Å²) in [7, 11) is 0. The van der Waals surface area contributed by atoms with Crippen LogP contribution in [0.1, 0.15) is 16.6 Å². The lowest BCUT2D eigenvalue weighted by Crippen LogP contribution is -2.55. The van der Waals surface area contributed by atoms with Crippen molar-refractivity contribution < 1.29 is 9.59 Å². The van der Waals surface area contributed by atoms with Gasteiger partial charge in [-0.2, -0.15) is 0 Å². The topological polar surface area (TPSA) is 75.4 Å². The van der Waals surface area contributed by atoms with Crippen molar-refractivity contribution in [3.63, 3.8) is 0 Å². The smallest absolute Gasteiger partial charge is 0.266 e. The Morgan fingerprint density at radius 3 is 3.00 bits per heavy atom. The van der Waals surface area contributed by atoms with Crippen molar-refractivity contribution >= 4 is 54.9 Å². The van der Waals surface area contributed by atoms with Gasteiger partial charge in [-0.05, 0) is 19.1 Å². The van der Waals surface area contributed by atoms with E-state index in [1.807, 2.05) is 18.2 Å². The molecule has 1 aliphatic rings. The molecule has 5 nitrogen and oxygen atoms in total. The first-order chi connectivity index (χ1) is 10.0. The predicted molar refractivity (Wildman–Crippen MR) is 87.4 cm³/mol. The number of thiophene rings is 1. The van der Waals surface area contributed by atoms with Crippen molar-refractivity contribution in [2.24, 2.45) is 0 Å². The lowest BCUT2D eigenvalue weighted by atomic mass is 10.1. The van der Waals surface area contributed by atoms with E-state index >= 15 is 0 Å². The predicted octanol–water partition coefficient (Wildman–Crippen LogP) is 2.21. The molecule has 0 bridgehead atoms. The van der Waals surface area contributed by atoms with Gasteiger partial charge >= 0.3 is 0 Å². The minimum absolute atomic E-state index is 0.129. The van der Waals surface area contributed by atoms with E-state index in [0.29, 0.717) is 23.7 Å². The summed E-state index contributed by atoms with van der Waals surface area (Å²) in [5.74, 6) is -0.307. The summed E-state index contributed by atoms with van der Waals surface area (Å²) in [4.78, 5) is 26.5. The molecule has 0 spiro atoms. The third-order valence-corrected chi connectivity index (χ3v) is 5.47. The minimum Gasteiger partial charge on any atom is -0.397 e. The molecule has 21 heavy (non-hydrogen) atoms. The SMILES string of the molecule is CC1C(=O)NCCN1C(=O)c1sc2cccc(Br)c2c1N. The number of piperazine rings is 1. The second-order valence-electron chi connectivity index (χ2n) is 4.92.